The number of cyclic esters (lactones) is 1. The quantitative estimate of drug-likeness (QED) is 0.747. The molecule has 2 amide bonds. The minimum atomic E-state index is -2.77. The molecule has 1 aromatic carbocycles. The van der Waals surface area contributed by atoms with Crippen molar-refractivity contribution in [1.82, 2.24) is 9.55 Å². The number of anilines is 2. The van der Waals surface area contributed by atoms with Crippen LogP contribution in [0.4, 0.5) is 25.1 Å². The van der Waals surface area contributed by atoms with Crippen molar-refractivity contribution in [2.24, 2.45) is 5.73 Å². The Bertz CT molecular complexity index is 1040. The zero-order valence-electron chi connectivity index (χ0n) is 17.3. The number of nitrogens with one attached hydrogen (secondary N) is 1. The zero-order valence-corrected chi connectivity index (χ0v) is 17.3. The normalized spacial score (nSPS) is 20.4. The highest BCUT2D eigenvalue weighted by molar-refractivity contribution is 5.90. The molecule has 4 rings (SSSR count). The predicted octanol–water partition coefficient (Wildman–Crippen LogP) is 2.55. The molecule has 1 fully saturated rings. The molecule has 0 aliphatic carbocycles. The number of amides is 2. The molecule has 0 radical (unpaired) electrons. The van der Waals surface area contributed by atoms with Gasteiger partial charge in [0.25, 0.3) is 6.43 Å². The van der Waals surface area contributed by atoms with Crippen molar-refractivity contribution in [2.45, 2.75) is 44.8 Å². The smallest absolute Gasteiger partial charge is 0.416 e. The second kappa shape index (κ2) is 7.40. The highest BCUT2D eigenvalue weighted by atomic mass is 19.3. The Hall–Kier alpha value is -3.37. The monoisotopic (exact) mass is 435 g/mol. The lowest BCUT2D eigenvalue weighted by atomic mass is 10.1. The number of primary amides is 1. The first kappa shape index (κ1) is 20.9. The van der Waals surface area contributed by atoms with E-state index in [1.165, 1.54) is 0 Å². The number of rotatable bonds is 5. The van der Waals surface area contributed by atoms with E-state index < -0.39 is 42.7 Å². The molecule has 9 nitrogen and oxygen atoms in total. The Balaban J connectivity index is 1.77. The van der Waals surface area contributed by atoms with E-state index in [1.54, 1.807) is 35.9 Å². The summed E-state index contributed by atoms with van der Waals surface area (Å²) in [5, 5.41) is 3.00. The molecule has 2 aliphatic rings. The molecule has 2 aromatic rings. The molecule has 0 saturated carbocycles. The maximum atomic E-state index is 13.4. The number of aromatic nitrogens is 2. The van der Waals surface area contributed by atoms with Gasteiger partial charge in [-0.15, -0.1) is 0 Å². The molecule has 31 heavy (non-hydrogen) atoms. The van der Waals surface area contributed by atoms with E-state index in [4.69, 9.17) is 15.2 Å². The molecule has 166 valence electrons. The first-order valence-corrected chi connectivity index (χ1v) is 9.75. The fourth-order valence-electron chi connectivity index (χ4n) is 3.58. The van der Waals surface area contributed by atoms with Crippen molar-refractivity contribution in [3.8, 4) is 17.1 Å². The maximum Gasteiger partial charge on any atom is 0.416 e. The van der Waals surface area contributed by atoms with E-state index in [-0.39, 0.29) is 12.4 Å². The number of benzene rings is 1. The molecule has 1 aromatic heterocycles. The number of carbonyl (C=O) groups excluding carboxylic acids is 2. The largest absolute Gasteiger partial charge is 0.490 e. The van der Waals surface area contributed by atoms with Crippen molar-refractivity contribution < 1.29 is 27.8 Å². The fraction of sp³-hybridized carbons (Fsp3) is 0.450. The number of imidazole rings is 1. The van der Waals surface area contributed by atoms with E-state index in [1.807, 2.05) is 13.8 Å². The van der Waals surface area contributed by atoms with Gasteiger partial charge in [0.2, 0.25) is 5.91 Å². The molecule has 1 unspecified atom stereocenters. The second-order valence-electron chi connectivity index (χ2n) is 8.22. The molecule has 0 spiro atoms. The third-order valence-corrected chi connectivity index (χ3v) is 5.40. The summed E-state index contributed by atoms with van der Waals surface area (Å²) in [6, 6.07) is 3.24. The van der Waals surface area contributed by atoms with Crippen LogP contribution in [0, 0.1) is 0 Å². The summed E-state index contributed by atoms with van der Waals surface area (Å²) < 4.78 is 39.5. The van der Waals surface area contributed by atoms with Crippen molar-refractivity contribution in [2.75, 3.05) is 23.4 Å². The van der Waals surface area contributed by atoms with E-state index >= 15 is 0 Å². The van der Waals surface area contributed by atoms with E-state index in [9.17, 15) is 18.4 Å². The number of halogens is 2. The minimum Gasteiger partial charge on any atom is -0.490 e. The van der Waals surface area contributed by atoms with Gasteiger partial charge in [0, 0.05) is 18.0 Å². The van der Waals surface area contributed by atoms with Crippen LogP contribution in [0.3, 0.4) is 0 Å². The Morgan fingerprint density at radius 1 is 1.35 bits per heavy atom. The zero-order chi connectivity index (χ0) is 22.5. The van der Waals surface area contributed by atoms with Crippen molar-refractivity contribution in [3.63, 3.8) is 0 Å². The van der Waals surface area contributed by atoms with Crippen LogP contribution in [0.25, 0.3) is 11.4 Å². The minimum absolute atomic E-state index is 0.0910. The lowest BCUT2D eigenvalue weighted by Gasteiger charge is -2.25. The van der Waals surface area contributed by atoms with Crippen LogP contribution >= 0.6 is 0 Å². The SMILES string of the molecule is CC(Nc1ccc2c(c1)OCC(C)(C)n1cc(N3C(=O)OC[C@H]3C(F)F)nc1-2)C(N)=O. The van der Waals surface area contributed by atoms with Gasteiger partial charge in [-0.05, 0) is 32.9 Å². The van der Waals surface area contributed by atoms with Gasteiger partial charge in [-0.3, -0.25) is 4.79 Å². The standard InChI is InChI=1S/C20H23F2N5O4/c1-10(17(23)28)24-11-4-5-12-14(6-11)31-9-20(2,3)26-7-15(25-18(12)26)27-13(16(21)22)8-30-19(27)29/h4-7,10,13,16,24H,8-9H2,1-3H3,(H2,23,28)/t10?,13-/m0/s1. The van der Waals surface area contributed by atoms with Crippen LogP contribution in [0.15, 0.2) is 24.4 Å². The first-order valence-electron chi connectivity index (χ1n) is 9.75. The van der Waals surface area contributed by atoms with Gasteiger partial charge in [-0.2, -0.15) is 0 Å². The Kier molecular flexibility index (Phi) is 4.98. The van der Waals surface area contributed by atoms with Gasteiger partial charge < -0.3 is 25.1 Å². The summed E-state index contributed by atoms with van der Waals surface area (Å²) in [4.78, 5) is 28.9. The molecular weight excluding hydrogens is 412 g/mol. The third-order valence-electron chi connectivity index (χ3n) is 5.40. The van der Waals surface area contributed by atoms with Gasteiger partial charge >= 0.3 is 6.09 Å². The average Bonchev–Trinajstić information content (AvgIpc) is 3.28. The van der Waals surface area contributed by atoms with Crippen molar-refractivity contribution >= 4 is 23.5 Å². The number of nitrogens with two attached hydrogens (primary N) is 1. The highest BCUT2D eigenvalue weighted by Gasteiger charge is 2.43. The van der Waals surface area contributed by atoms with Gasteiger partial charge in [-0.1, -0.05) is 0 Å². The van der Waals surface area contributed by atoms with E-state index in [0.29, 0.717) is 22.8 Å². The van der Waals surface area contributed by atoms with Gasteiger partial charge in [0.15, 0.2) is 5.82 Å². The van der Waals surface area contributed by atoms with Crippen molar-refractivity contribution in [3.05, 3.63) is 24.4 Å². The maximum absolute atomic E-state index is 13.4. The Morgan fingerprint density at radius 3 is 2.77 bits per heavy atom. The molecule has 11 heteroatoms. The fourth-order valence-corrected chi connectivity index (χ4v) is 3.58. The van der Waals surface area contributed by atoms with Crippen LogP contribution in [0.2, 0.25) is 0 Å². The van der Waals surface area contributed by atoms with Gasteiger partial charge in [-0.25, -0.2) is 23.5 Å². The van der Waals surface area contributed by atoms with Crippen LogP contribution in [0.5, 0.6) is 5.75 Å². The highest BCUT2D eigenvalue weighted by Crippen LogP contribution is 2.40. The van der Waals surface area contributed by atoms with E-state index in [0.717, 1.165) is 4.90 Å². The summed E-state index contributed by atoms with van der Waals surface area (Å²) in [6.45, 7) is 5.34. The number of alkyl halides is 2. The van der Waals surface area contributed by atoms with Crippen LogP contribution in [0.1, 0.15) is 20.8 Å². The number of nitrogens with zero attached hydrogens (tertiary/aromatic N) is 3. The molecular formula is C20H23F2N5O4. The molecule has 2 atom stereocenters. The topological polar surface area (TPSA) is 112 Å². The first-order chi connectivity index (χ1) is 14.6. The molecule has 3 heterocycles. The molecule has 2 aliphatic heterocycles. The molecule has 3 N–H and O–H groups in total. The number of hydrogen-bond acceptors (Lipinski definition) is 6. The number of hydrogen-bond donors (Lipinski definition) is 2. The second-order valence-corrected chi connectivity index (χ2v) is 8.22. The third kappa shape index (κ3) is 3.64. The van der Waals surface area contributed by atoms with Crippen LogP contribution in [-0.2, 0) is 15.1 Å². The number of ether oxygens (including phenoxy) is 2. The molecule has 0 bridgehead atoms. The number of fused-ring (bicyclic) bond motifs is 3. The van der Waals surface area contributed by atoms with Crippen LogP contribution in [-0.4, -0.2) is 53.3 Å². The Labute approximate surface area is 177 Å². The number of carbonyl (C=O) groups is 2. The van der Waals surface area contributed by atoms with Crippen molar-refractivity contribution in [1.29, 1.82) is 0 Å². The lowest BCUT2D eigenvalue weighted by molar-refractivity contribution is -0.118. The predicted molar refractivity (Wildman–Crippen MR) is 108 cm³/mol. The summed E-state index contributed by atoms with van der Waals surface area (Å²) in [7, 11) is 0. The van der Waals surface area contributed by atoms with Crippen LogP contribution < -0.4 is 20.7 Å². The van der Waals surface area contributed by atoms with E-state index in [2.05, 4.69) is 10.3 Å². The summed E-state index contributed by atoms with van der Waals surface area (Å²) in [5.41, 5.74) is 5.97. The summed E-state index contributed by atoms with van der Waals surface area (Å²) in [5.74, 6) is 0.561. The average molecular weight is 435 g/mol. The van der Waals surface area contributed by atoms with Gasteiger partial charge in [0.05, 0.1) is 11.1 Å². The molecule has 1 saturated heterocycles. The Morgan fingerprint density at radius 2 is 2.10 bits per heavy atom. The lowest BCUT2D eigenvalue weighted by Crippen LogP contribution is -2.39. The summed E-state index contributed by atoms with van der Waals surface area (Å²) >= 11 is 0. The summed E-state index contributed by atoms with van der Waals surface area (Å²) in [6.07, 6.45) is -2.05. The van der Waals surface area contributed by atoms with Gasteiger partial charge in [0.1, 0.15) is 36.9 Å².